The van der Waals surface area contributed by atoms with Gasteiger partial charge in [0.2, 0.25) is 11.8 Å². The molecule has 2 N–H and O–H groups in total. The summed E-state index contributed by atoms with van der Waals surface area (Å²) in [5.74, 6) is -0.414. The van der Waals surface area contributed by atoms with Gasteiger partial charge in [-0.2, -0.15) is 0 Å². The van der Waals surface area contributed by atoms with Gasteiger partial charge in [-0.05, 0) is 86.6 Å². The smallest absolute Gasteiger partial charge is 0.265 e. The standard InChI is InChI=1S/C31H35ClN4O4S/c1-21-19-29(22(2)18-25(21)32)41(39,40)36-27-11-7-6-10-26(27)34-31(38)28(36)20-30(37)33-15-12-23-13-16-35(17-14-23)24-8-4-3-5-9-24/h3-11,18-19,23,28H,12-17,20H2,1-2H3,(H,33,37)(H,34,38). The maximum atomic E-state index is 14.1. The van der Waals surface area contributed by atoms with Crippen molar-refractivity contribution in [2.45, 2.75) is 50.5 Å². The van der Waals surface area contributed by atoms with Crippen LogP contribution < -0.4 is 19.8 Å². The fourth-order valence-electron chi connectivity index (χ4n) is 5.66. The number of halogens is 1. The van der Waals surface area contributed by atoms with Gasteiger partial charge >= 0.3 is 0 Å². The molecule has 2 aliphatic heterocycles. The second-order valence-electron chi connectivity index (χ2n) is 10.8. The van der Waals surface area contributed by atoms with Gasteiger partial charge in [0.15, 0.2) is 0 Å². The average molecular weight is 595 g/mol. The van der Waals surface area contributed by atoms with Crippen molar-refractivity contribution >= 4 is 50.5 Å². The minimum Gasteiger partial charge on any atom is -0.372 e. The second-order valence-corrected chi connectivity index (χ2v) is 13.0. The molecule has 5 rings (SSSR count). The molecular weight excluding hydrogens is 560 g/mol. The van der Waals surface area contributed by atoms with Gasteiger partial charge in [0.05, 0.1) is 22.7 Å². The lowest BCUT2D eigenvalue weighted by molar-refractivity contribution is -0.125. The van der Waals surface area contributed by atoms with E-state index in [4.69, 9.17) is 11.6 Å². The van der Waals surface area contributed by atoms with Gasteiger partial charge in [0.25, 0.3) is 10.0 Å². The zero-order valence-corrected chi connectivity index (χ0v) is 24.8. The number of fused-ring (bicyclic) bond motifs is 1. The van der Waals surface area contributed by atoms with Crippen molar-refractivity contribution in [3.8, 4) is 0 Å². The Balaban J connectivity index is 1.27. The van der Waals surface area contributed by atoms with E-state index in [1.165, 1.54) is 11.8 Å². The molecule has 0 bridgehead atoms. The third-order valence-electron chi connectivity index (χ3n) is 7.97. The number of carbonyl (C=O) groups excluding carboxylic acids is 2. The molecule has 0 aliphatic carbocycles. The normalized spacial score (nSPS) is 17.6. The van der Waals surface area contributed by atoms with E-state index >= 15 is 0 Å². The zero-order valence-electron chi connectivity index (χ0n) is 23.3. The van der Waals surface area contributed by atoms with Gasteiger partial charge in [-0.1, -0.05) is 41.9 Å². The molecule has 0 saturated carbocycles. The first-order chi connectivity index (χ1) is 19.6. The molecule has 0 spiro atoms. The van der Waals surface area contributed by atoms with Crippen LogP contribution in [0.2, 0.25) is 5.02 Å². The molecule has 0 radical (unpaired) electrons. The fraction of sp³-hybridized carbons (Fsp3) is 0.355. The Kier molecular flexibility index (Phi) is 8.56. The van der Waals surface area contributed by atoms with Crippen LogP contribution in [-0.2, 0) is 19.6 Å². The third kappa shape index (κ3) is 6.21. The lowest BCUT2D eigenvalue weighted by atomic mass is 9.93. The molecular formula is C31H35ClN4O4S. The van der Waals surface area contributed by atoms with E-state index in [2.05, 4.69) is 27.7 Å². The minimum atomic E-state index is -4.21. The summed E-state index contributed by atoms with van der Waals surface area (Å²) in [5.41, 5.74) is 3.00. The van der Waals surface area contributed by atoms with Gasteiger partial charge < -0.3 is 15.5 Å². The van der Waals surface area contributed by atoms with Crippen LogP contribution in [0.25, 0.3) is 0 Å². The molecule has 2 aliphatic rings. The number of amides is 2. The molecule has 10 heteroatoms. The summed E-state index contributed by atoms with van der Waals surface area (Å²) >= 11 is 6.24. The highest BCUT2D eigenvalue weighted by Gasteiger charge is 2.42. The van der Waals surface area contributed by atoms with Crippen LogP contribution in [0.15, 0.2) is 71.6 Å². The van der Waals surface area contributed by atoms with Crippen molar-refractivity contribution in [1.82, 2.24) is 5.32 Å². The molecule has 216 valence electrons. The Labute approximate surface area is 246 Å². The second kappa shape index (κ2) is 12.1. The van der Waals surface area contributed by atoms with E-state index in [9.17, 15) is 18.0 Å². The van der Waals surface area contributed by atoms with E-state index < -0.39 is 22.0 Å². The van der Waals surface area contributed by atoms with Crippen LogP contribution >= 0.6 is 11.6 Å². The number of aryl methyl sites for hydroxylation is 2. The maximum absolute atomic E-state index is 14.1. The Morgan fingerprint density at radius 1 is 1.00 bits per heavy atom. The summed E-state index contributed by atoms with van der Waals surface area (Å²) in [4.78, 5) is 28.8. The lowest BCUT2D eigenvalue weighted by Gasteiger charge is -2.37. The van der Waals surface area contributed by atoms with Crippen molar-refractivity contribution in [1.29, 1.82) is 0 Å². The van der Waals surface area contributed by atoms with Crippen LogP contribution in [-0.4, -0.2) is 45.9 Å². The minimum absolute atomic E-state index is 0.0520. The highest BCUT2D eigenvalue weighted by atomic mass is 35.5. The monoisotopic (exact) mass is 594 g/mol. The van der Waals surface area contributed by atoms with E-state index in [-0.39, 0.29) is 17.2 Å². The topological polar surface area (TPSA) is 98.8 Å². The summed E-state index contributed by atoms with van der Waals surface area (Å²) in [5, 5.41) is 6.17. The van der Waals surface area contributed by atoms with Crippen LogP contribution in [0.4, 0.5) is 17.1 Å². The number of piperidine rings is 1. The van der Waals surface area contributed by atoms with Crippen molar-refractivity contribution in [2.24, 2.45) is 5.92 Å². The van der Waals surface area contributed by atoms with Gasteiger partial charge in [-0.3, -0.25) is 13.9 Å². The van der Waals surface area contributed by atoms with Gasteiger partial charge in [0.1, 0.15) is 6.04 Å². The molecule has 3 aromatic rings. The molecule has 2 amide bonds. The molecule has 8 nitrogen and oxygen atoms in total. The van der Waals surface area contributed by atoms with E-state index in [0.717, 1.165) is 36.7 Å². The van der Waals surface area contributed by atoms with Crippen molar-refractivity contribution in [3.63, 3.8) is 0 Å². The summed E-state index contributed by atoms with van der Waals surface area (Å²) < 4.78 is 29.3. The number of rotatable bonds is 8. The van der Waals surface area contributed by atoms with E-state index in [1.807, 2.05) is 18.2 Å². The number of carbonyl (C=O) groups is 2. The summed E-state index contributed by atoms with van der Waals surface area (Å²) in [6.45, 7) is 5.82. The molecule has 1 atom stereocenters. The molecule has 1 saturated heterocycles. The Morgan fingerprint density at radius 2 is 1.68 bits per heavy atom. The van der Waals surface area contributed by atoms with Crippen LogP contribution in [0.3, 0.4) is 0 Å². The first-order valence-electron chi connectivity index (χ1n) is 13.9. The number of para-hydroxylation sites is 3. The number of anilines is 3. The number of nitrogens with one attached hydrogen (secondary N) is 2. The summed E-state index contributed by atoms with van der Waals surface area (Å²) in [7, 11) is -4.21. The molecule has 41 heavy (non-hydrogen) atoms. The number of nitrogens with zero attached hydrogens (tertiary/aromatic N) is 2. The number of sulfonamides is 1. The first kappa shape index (κ1) is 29.0. The van der Waals surface area contributed by atoms with Crippen molar-refractivity contribution in [2.75, 3.05) is 34.2 Å². The lowest BCUT2D eigenvalue weighted by Crippen LogP contribution is -2.53. The number of hydrogen-bond donors (Lipinski definition) is 2. The number of benzene rings is 3. The third-order valence-corrected chi connectivity index (χ3v) is 10.3. The highest BCUT2D eigenvalue weighted by molar-refractivity contribution is 7.93. The molecule has 1 unspecified atom stereocenters. The molecule has 3 aromatic carbocycles. The summed E-state index contributed by atoms with van der Waals surface area (Å²) in [6.07, 6.45) is 2.62. The van der Waals surface area contributed by atoms with Crippen LogP contribution in [0.1, 0.15) is 36.8 Å². The first-order valence-corrected chi connectivity index (χ1v) is 15.7. The SMILES string of the molecule is Cc1cc(S(=O)(=O)N2c3ccccc3NC(=O)C2CC(=O)NCCC2CCN(c3ccccc3)CC2)c(C)cc1Cl. The average Bonchev–Trinajstić information content (AvgIpc) is 2.96. The quantitative estimate of drug-likeness (QED) is 0.369. The van der Waals surface area contributed by atoms with Gasteiger partial charge in [0, 0.05) is 30.3 Å². The fourth-order valence-corrected chi connectivity index (χ4v) is 7.80. The Morgan fingerprint density at radius 3 is 2.41 bits per heavy atom. The molecule has 0 aromatic heterocycles. The zero-order chi connectivity index (χ0) is 29.1. The van der Waals surface area contributed by atoms with Crippen LogP contribution in [0, 0.1) is 19.8 Å². The Bertz CT molecular complexity index is 1540. The van der Waals surface area contributed by atoms with Crippen molar-refractivity contribution < 1.29 is 18.0 Å². The summed E-state index contributed by atoms with van der Waals surface area (Å²) in [6, 6.07) is 19.0. The molecule has 1 fully saturated rings. The van der Waals surface area contributed by atoms with E-state index in [0.29, 0.717) is 40.0 Å². The number of hydrogen-bond acceptors (Lipinski definition) is 5. The van der Waals surface area contributed by atoms with Gasteiger partial charge in [-0.25, -0.2) is 8.42 Å². The van der Waals surface area contributed by atoms with Crippen molar-refractivity contribution in [3.05, 3.63) is 82.9 Å². The maximum Gasteiger partial charge on any atom is 0.265 e. The van der Waals surface area contributed by atoms with E-state index in [1.54, 1.807) is 44.2 Å². The predicted molar refractivity (Wildman–Crippen MR) is 163 cm³/mol. The van der Waals surface area contributed by atoms with Gasteiger partial charge in [-0.15, -0.1) is 0 Å². The highest BCUT2D eigenvalue weighted by Crippen LogP contribution is 2.38. The predicted octanol–water partition coefficient (Wildman–Crippen LogP) is 5.29. The molecule has 2 heterocycles. The Hall–Kier alpha value is -3.56. The largest absolute Gasteiger partial charge is 0.372 e. The van der Waals surface area contributed by atoms with Crippen LogP contribution in [0.5, 0.6) is 0 Å².